The lowest BCUT2D eigenvalue weighted by molar-refractivity contribution is -0.145. The third-order valence-corrected chi connectivity index (χ3v) is 4.44. The summed E-state index contributed by atoms with van der Waals surface area (Å²) in [6, 6.07) is 4.81. The summed E-state index contributed by atoms with van der Waals surface area (Å²) in [5.41, 5.74) is 0.346. The molecule has 1 atom stereocenters. The van der Waals surface area contributed by atoms with Crippen molar-refractivity contribution < 1.29 is 29.0 Å². The van der Waals surface area contributed by atoms with Crippen LogP contribution in [0.1, 0.15) is 23.2 Å². The number of carboxylic acids is 1. The summed E-state index contributed by atoms with van der Waals surface area (Å²) in [6.07, 6.45) is 1.21. The number of carboxylic acid groups (broad SMARTS) is 1. The molecule has 0 aliphatic carbocycles. The minimum atomic E-state index is -0.893. The molecular formula is C18H24N2O6. The maximum atomic E-state index is 12.6. The smallest absolute Gasteiger partial charge is 0.308 e. The first-order valence-corrected chi connectivity index (χ1v) is 8.34. The van der Waals surface area contributed by atoms with Gasteiger partial charge in [-0.1, -0.05) is 0 Å². The third kappa shape index (κ3) is 4.65. The molecule has 142 valence electrons. The molecule has 26 heavy (non-hydrogen) atoms. The fourth-order valence-electron chi connectivity index (χ4n) is 2.93. The molecule has 0 radical (unpaired) electrons. The molecule has 0 saturated carbocycles. The predicted octanol–water partition coefficient (Wildman–Crippen LogP) is 1.10. The molecule has 1 aromatic rings. The van der Waals surface area contributed by atoms with E-state index in [9.17, 15) is 14.4 Å². The van der Waals surface area contributed by atoms with E-state index in [-0.39, 0.29) is 24.9 Å². The first-order valence-electron chi connectivity index (χ1n) is 8.34. The molecule has 0 spiro atoms. The molecular weight excluding hydrogens is 340 g/mol. The van der Waals surface area contributed by atoms with Crippen LogP contribution in [0.4, 0.5) is 0 Å². The highest BCUT2D eigenvalue weighted by atomic mass is 16.5. The molecule has 1 saturated heterocycles. The van der Waals surface area contributed by atoms with Crippen molar-refractivity contribution >= 4 is 17.8 Å². The van der Waals surface area contributed by atoms with E-state index in [0.29, 0.717) is 36.4 Å². The van der Waals surface area contributed by atoms with E-state index in [4.69, 9.17) is 14.6 Å². The number of rotatable bonds is 6. The van der Waals surface area contributed by atoms with Gasteiger partial charge in [0.2, 0.25) is 5.91 Å². The fraction of sp³-hybridized carbons (Fsp3) is 0.500. The van der Waals surface area contributed by atoms with Gasteiger partial charge in [0, 0.05) is 31.8 Å². The van der Waals surface area contributed by atoms with Gasteiger partial charge in [0.05, 0.1) is 26.7 Å². The van der Waals surface area contributed by atoms with Gasteiger partial charge in [0.25, 0.3) is 5.91 Å². The fourth-order valence-corrected chi connectivity index (χ4v) is 2.93. The number of nitrogens with zero attached hydrogens (tertiary/aromatic N) is 2. The minimum Gasteiger partial charge on any atom is -0.497 e. The number of carbonyl (C=O) groups excluding carboxylic acids is 2. The zero-order chi connectivity index (χ0) is 19.3. The van der Waals surface area contributed by atoms with Crippen molar-refractivity contribution in [2.75, 3.05) is 40.9 Å². The highest BCUT2D eigenvalue weighted by Crippen LogP contribution is 2.23. The number of aliphatic carboxylic acids is 1. The number of benzene rings is 1. The molecule has 2 amide bonds. The lowest BCUT2D eigenvalue weighted by Crippen LogP contribution is -2.46. The van der Waals surface area contributed by atoms with Crippen LogP contribution >= 0.6 is 0 Å². The van der Waals surface area contributed by atoms with Crippen LogP contribution in [-0.4, -0.2) is 73.6 Å². The van der Waals surface area contributed by atoms with Gasteiger partial charge in [-0.25, -0.2) is 0 Å². The summed E-state index contributed by atoms with van der Waals surface area (Å²) in [5.74, 6) is -1.09. The van der Waals surface area contributed by atoms with Crippen molar-refractivity contribution in [1.29, 1.82) is 0 Å². The van der Waals surface area contributed by atoms with E-state index in [1.807, 2.05) is 0 Å². The normalized spacial score (nSPS) is 16.7. The van der Waals surface area contributed by atoms with Gasteiger partial charge in [-0.05, 0) is 25.0 Å². The Kier molecular flexibility index (Phi) is 6.43. The second-order valence-corrected chi connectivity index (χ2v) is 6.28. The van der Waals surface area contributed by atoms with Gasteiger partial charge in [0.1, 0.15) is 11.5 Å². The summed E-state index contributed by atoms with van der Waals surface area (Å²) in [4.78, 5) is 39.0. The van der Waals surface area contributed by atoms with Gasteiger partial charge in [0.15, 0.2) is 0 Å². The van der Waals surface area contributed by atoms with E-state index >= 15 is 0 Å². The van der Waals surface area contributed by atoms with Crippen LogP contribution in [0.3, 0.4) is 0 Å². The van der Waals surface area contributed by atoms with E-state index < -0.39 is 11.9 Å². The minimum absolute atomic E-state index is 0.120. The van der Waals surface area contributed by atoms with Crippen LogP contribution < -0.4 is 9.47 Å². The molecule has 1 unspecified atom stereocenters. The molecule has 2 rings (SSSR count). The zero-order valence-electron chi connectivity index (χ0n) is 15.2. The summed E-state index contributed by atoms with van der Waals surface area (Å²) >= 11 is 0. The maximum absolute atomic E-state index is 12.6. The van der Waals surface area contributed by atoms with Gasteiger partial charge in [-0.2, -0.15) is 0 Å². The molecule has 1 fully saturated rings. The average molecular weight is 364 g/mol. The van der Waals surface area contributed by atoms with Gasteiger partial charge < -0.3 is 24.4 Å². The monoisotopic (exact) mass is 364 g/mol. The van der Waals surface area contributed by atoms with Crippen molar-refractivity contribution in [1.82, 2.24) is 9.80 Å². The molecule has 0 bridgehead atoms. The molecule has 1 aliphatic rings. The molecule has 1 aromatic carbocycles. The van der Waals surface area contributed by atoms with E-state index in [0.717, 1.165) is 0 Å². The quantitative estimate of drug-likeness (QED) is 0.812. The van der Waals surface area contributed by atoms with E-state index in [2.05, 4.69) is 0 Å². The second kappa shape index (κ2) is 8.55. The van der Waals surface area contributed by atoms with Crippen molar-refractivity contribution in [2.45, 2.75) is 12.8 Å². The van der Waals surface area contributed by atoms with Crippen LogP contribution in [-0.2, 0) is 9.59 Å². The zero-order valence-corrected chi connectivity index (χ0v) is 15.2. The van der Waals surface area contributed by atoms with Crippen molar-refractivity contribution in [3.05, 3.63) is 23.8 Å². The van der Waals surface area contributed by atoms with E-state index in [1.165, 1.54) is 31.1 Å². The Labute approximate surface area is 152 Å². The number of hydrogen-bond acceptors (Lipinski definition) is 5. The molecule has 8 nitrogen and oxygen atoms in total. The topological polar surface area (TPSA) is 96.4 Å². The number of carbonyl (C=O) groups is 3. The first-order chi connectivity index (χ1) is 12.3. The van der Waals surface area contributed by atoms with E-state index in [1.54, 1.807) is 18.2 Å². The van der Waals surface area contributed by atoms with Crippen LogP contribution in [0.2, 0.25) is 0 Å². The Balaban J connectivity index is 2.04. The average Bonchev–Trinajstić information content (AvgIpc) is 2.66. The number of methoxy groups -OCH3 is 2. The number of likely N-dealkylation sites (tertiary alicyclic amines) is 1. The van der Waals surface area contributed by atoms with Crippen molar-refractivity contribution in [3.63, 3.8) is 0 Å². The number of ether oxygens (including phenoxy) is 2. The second-order valence-electron chi connectivity index (χ2n) is 6.28. The summed E-state index contributed by atoms with van der Waals surface area (Å²) in [7, 11) is 4.52. The number of likely N-dealkylation sites (N-methyl/N-ethyl adjacent to an activating group) is 1. The van der Waals surface area contributed by atoms with Gasteiger partial charge in [-0.3, -0.25) is 14.4 Å². The molecule has 0 aromatic heterocycles. The highest BCUT2D eigenvalue weighted by molar-refractivity contribution is 5.97. The number of amides is 2. The SMILES string of the molecule is COc1cc(OC)cc(C(=O)N(C)CC(=O)N2CCCC(C(=O)O)C2)c1. The Morgan fingerprint density at radius 2 is 1.81 bits per heavy atom. The Hall–Kier alpha value is -2.77. The van der Waals surface area contributed by atoms with Crippen LogP contribution in [0.15, 0.2) is 18.2 Å². The summed E-state index contributed by atoms with van der Waals surface area (Å²) < 4.78 is 10.3. The third-order valence-electron chi connectivity index (χ3n) is 4.44. The van der Waals surface area contributed by atoms with Crippen LogP contribution in [0.5, 0.6) is 11.5 Å². The molecule has 1 heterocycles. The molecule has 1 aliphatic heterocycles. The predicted molar refractivity (Wildman–Crippen MR) is 93.4 cm³/mol. The molecule has 8 heteroatoms. The van der Waals surface area contributed by atoms with Crippen molar-refractivity contribution in [2.24, 2.45) is 5.92 Å². The number of hydrogen-bond donors (Lipinski definition) is 1. The largest absolute Gasteiger partial charge is 0.497 e. The Bertz CT molecular complexity index is 668. The Morgan fingerprint density at radius 1 is 1.19 bits per heavy atom. The first kappa shape index (κ1) is 19.6. The maximum Gasteiger partial charge on any atom is 0.308 e. The van der Waals surface area contributed by atoms with Crippen molar-refractivity contribution in [3.8, 4) is 11.5 Å². The lowest BCUT2D eigenvalue weighted by Gasteiger charge is -2.32. The highest BCUT2D eigenvalue weighted by Gasteiger charge is 2.29. The van der Waals surface area contributed by atoms with Crippen LogP contribution in [0, 0.1) is 5.92 Å². The summed E-state index contributed by atoms with van der Waals surface area (Å²) in [5, 5.41) is 9.13. The van der Waals surface area contributed by atoms with Crippen LogP contribution in [0.25, 0.3) is 0 Å². The number of piperidine rings is 1. The lowest BCUT2D eigenvalue weighted by atomic mass is 9.98. The molecule has 1 N–H and O–H groups in total. The van der Waals surface area contributed by atoms with Gasteiger partial charge >= 0.3 is 5.97 Å². The van der Waals surface area contributed by atoms with Gasteiger partial charge in [-0.15, -0.1) is 0 Å². The standard InChI is InChI=1S/C18H24N2O6/c1-19(11-16(21)20-6-4-5-12(10-20)18(23)24)17(22)13-7-14(25-2)9-15(8-13)26-3/h7-9,12H,4-6,10-11H2,1-3H3,(H,23,24). The Morgan fingerprint density at radius 3 is 2.35 bits per heavy atom. The summed E-state index contributed by atoms with van der Waals surface area (Å²) in [6.45, 7) is 0.575.